The monoisotopic (exact) mass is 299 g/mol. The van der Waals surface area contributed by atoms with Crippen molar-refractivity contribution in [3.63, 3.8) is 0 Å². The van der Waals surface area contributed by atoms with Crippen LogP contribution >= 0.6 is 0 Å². The fourth-order valence-corrected chi connectivity index (χ4v) is 3.67. The standard InChI is InChI=1S/C17H24F3N/c1-3-9-21-16(17(4-2)7-5-6-8-17)15-13(19)10-12(18)11-14(15)20/h10-11,16,21H,3-9H2,1-2H3. The van der Waals surface area contributed by atoms with Crippen LogP contribution in [0.25, 0.3) is 0 Å². The molecule has 21 heavy (non-hydrogen) atoms. The largest absolute Gasteiger partial charge is 0.309 e. The Bertz CT molecular complexity index is 458. The minimum atomic E-state index is -0.861. The smallest absolute Gasteiger partial charge is 0.133 e. The lowest BCUT2D eigenvalue weighted by Gasteiger charge is -2.38. The van der Waals surface area contributed by atoms with Crippen molar-refractivity contribution < 1.29 is 13.2 Å². The first-order chi connectivity index (χ1) is 10.0. The fraction of sp³-hybridized carbons (Fsp3) is 0.647. The summed E-state index contributed by atoms with van der Waals surface area (Å²) in [5.74, 6) is -2.42. The topological polar surface area (TPSA) is 12.0 Å². The normalized spacial score (nSPS) is 18.9. The minimum absolute atomic E-state index is 0.00796. The molecule has 1 aromatic carbocycles. The van der Waals surface area contributed by atoms with Crippen LogP contribution < -0.4 is 5.32 Å². The fourth-order valence-electron chi connectivity index (χ4n) is 3.67. The highest BCUT2D eigenvalue weighted by Gasteiger charge is 2.42. The molecule has 0 saturated heterocycles. The van der Waals surface area contributed by atoms with Crippen molar-refractivity contribution in [2.75, 3.05) is 6.54 Å². The zero-order chi connectivity index (χ0) is 15.5. The van der Waals surface area contributed by atoms with Gasteiger partial charge < -0.3 is 5.32 Å². The summed E-state index contributed by atoms with van der Waals surface area (Å²) in [6, 6.07) is 1.19. The molecule has 1 atom stereocenters. The lowest BCUT2D eigenvalue weighted by atomic mass is 9.73. The highest BCUT2D eigenvalue weighted by Crippen LogP contribution is 2.50. The number of benzene rings is 1. The molecule has 0 radical (unpaired) electrons. The third kappa shape index (κ3) is 3.25. The van der Waals surface area contributed by atoms with Crippen LogP contribution in [0, 0.1) is 22.9 Å². The first-order valence-corrected chi connectivity index (χ1v) is 7.92. The van der Waals surface area contributed by atoms with Crippen molar-refractivity contribution in [1.29, 1.82) is 0 Å². The van der Waals surface area contributed by atoms with E-state index in [1.807, 2.05) is 6.92 Å². The van der Waals surface area contributed by atoms with Crippen LogP contribution in [0.5, 0.6) is 0 Å². The molecular weight excluding hydrogens is 275 g/mol. The molecule has 0 spiro atoms. The molecule has 2 rings (SSSR count). The molecule has 1 unspecified atom stereocenters. The first kappa shape index (κ1) is 16.3. The number of rotatable bonds is 6. The van der Waals surface area contributed by atoms with E-state index in [0.717, 1.165) is 50.7 Å². The second-order valence-corrected chi connectivity index (χ2v) is 6.09. The van der Waals surface area contributed by atoms with Gasteiger partial charge in [0.15, 0.2) is 0 Å². The lowest BCUT2D eigenvalue weighted by molar-refractivity contribution is 0.179. The predicted molar refractivity (Wildman–Crippen MR) is 78.5 cm³/mol. The Balaban J connectivity index is 2.45. The molecule has 1 fully saturated rings. The quantitative estimate of drug-likeness (QED) is 0.769. The molecule has 0 amide bonds. The molecular formula is C17H24F3N. The van der Waals surface area contributed by atoms with E-state index < -0.39 is 17.5 Å². The maximum Gasteiger partial charge on any atom is 0.133 e. The Morgan fingerprint density at radius 1 is 1.10 bits per heavy atom. The van der Waals surface area contributed by atoms with Gasteiger partial charge in [-0.25, -0.2) is 13.2 Å². The predicted octanol–water partition coefficient (Wildman–Crippen LogP) is 5.12. The van der Waals surface area contributed by atoms with Gasteiger partial charge in [-0.1, -0.05) is 26.7 Å². The van der Waals surface area contributed by atoms with Crippen molar-refractivity contribution in [1.82, 2.24) is 5.32 Å². The molecule has 1 saturated carbocycles. The number of hydrogen-bond acceptors (Lipinski definition) is 1. The average Bonchev–Trinajstić information content (AvgIpc) is 2.91. The van der Waals surface area contributed by atoms with Gasteiger partial charge in [0, 0.05) is 23.7 Å². The van der Waals surface area contributed by atoms with E-state index in [2.05, 4.69) is 12.2 Å². The van der Waals surface area contributed by atoms with Gasteiger partial charge in [0.1, 0.15) is 17.5 Å². The molecule has 0 bridgehead atoms. The second-order valence-electron chi connectivity index (χ2n) is 6.09. The van der Waals surface area contributed by atoms with Crippen LogP contribution in [0.1, 0.15) is 64.0 Å². The molecule has 1 nitrogen and oxygen atoms in total. The Morgan fingerprint density at radius 2 is 1.67 bits per heavy atom. The van der Waals surface area contributed by atoms with Gasteiger partial charge in [-0.3, -0.25) is 0 Å². The summed E-state index contributed by atoms with van der Waals surface area (Å²) < 4.78 is 41.6. The first-order valence-electron chi connectivity index (χ1n) is 7.92. The molecule has 118 valence electrons. The highest BCUT2D eigenvalue weighted by atomic mass is 19.1. The molecule has 0 aliphatic heterocycles. The van der Waals surface area contributed by atoms with Gasteiger partial charge in [0.05, 0.1) is 0 Å². The van der Waals surface area contributed by atoms with E-state index in [4.69, 9.17) is 0 Å². The van der Waals surface area contributed by atoms with E-state index in [1.54, 1.807) is 0 Å². The van der Waals surface area contributed by atoms with Gasteiger partial charge in [-0.2, -0.15) is 0 Å². The molecule has 4 heteroatoms. The second kappa shape index (κ2) is 6.82. The Kier molecular flexibility index (Phi) is 5.31. The van der Waals surface area contributed by atoms with Gasteiger partial charge in [0.25, 0.3) is 0 Å². The van der Waals surface area contributed by atoms with E-state index in [1.165, 1.54) is 0 Å². The van der Waals surface area contributed by atoms with Crippen LogP contribution in [0.3, 0.4) is 0 Å². The van der Waals surface area contributed by atoms with Crippen LogP contribution in [0.4, 0.5) is 13.2 Å². The summed E-state index contributed by atoms with van der Waals surface area (Å²) in [4.78, 5) is 0. The van der Waals surface area contributed by atoms with Gasteiger partial charge in [-0.05, 0) is 37.6 Å². The minimum Gasteiger partial charge on any atom is -0.309 e. The summed E-state index contributed by atoms with van der Waals surface area (Å²) in [5.41, 5.74) is -0.122. The van der Waals surface area contributed by atoms with Crippen molar-refractivity contribution in [3.8, 4) is 0 Å². The Labute approximate surface area is 124 Å². The molecule has 1 aromatic rings. The van der Waals surface area contributed by atoms with E-state index in [-0.39, 0.29) is 17.0 Å². The Morgan fingerprint density at radius 3 is 2.14 bits per heavy atom. The molecule has 1 N–H and O–H groups in total. The SMILES string of the molecule is CCCNC(c1c(F)cc(F)cc1F)C1(CC)CCCC1. The number of halogens is 3. The molecule has 1 aliphatic rings. The van der Waals surface area contributed by atoms with Crippen LogP contribution in [-0.4, -0.2) is 6.54 Å². The third-order valence-electron chi connectivity index (χ3n) is 4.85. The number of nitrogens with one attached hydrogen (secondary N) is 1. The van der Waals surface area contributed by atoms with Gasteiger partial charge in [-0.15, -0.1) is 0 Å². The van der Waals surface area contributed by atoms with Crippen LogP contribution in [-0.2, 0) is 0 Å². The van der Waals surface area contributed by atoms with Crippen LogP contribution in [0.15, 0.2) is 12.1 Å². The van der Waals surface area contributed by atoms with E-state index in [9.17, 15) is 13.2 Å². The lowest BCUT2D eigenvalue weighted by Crippen LogP contribution is -2.38. The third-order valence-corrected chi connectivity index (χ3v) is 4.85. The van der Waals surface area contributed by atoms with Gasteiger partial charge >= 0.3 is 0 Å². The highest BCUT2D eigenvalue weighted by molar-refractivity contribution is 5.27. The molecule has 0 heterocycles. The van der Waals surface area contributed by atoms with Gasteiger partial charge in [0.2, 0.25) is 0 Å². The zero-order valence-electron chi connectivity index (χ0n) is 12.8. The Hall–Kier alpha value is -1.03. The van der Waals surface area contributed by atoms with Crippen LogP contribution in [0.2, 0.25) is 0 Å². The van der Waals surface area contributed by atoms with Crippen molar-refractivity contribution in [3.05, 3.63) is 35.1 Å². The van der Waals surface area contributed by atoms with Crippen molar-refractivity contribution in [2.24, 2.45) is 5.41 Å². The summed E-state index contributed by atoms with van der Waals surface area (Å²) in [6.45, 7) is 4.79. The molecule has 1 aliphatic carbocycles. The summed E-state index contributed by atoms with van der Waals surface area (Å²) in [7, 11) is 0. The zero-order valence-corrected chi connectivity index (χ0v) is 12.8. The maximum absolute atomic E-state index is 14.2. The maximum atomic E-state index is 14.2. The summed E-state index contributed by atoms with van der Waals surface area (Å²) in [6.07, 6.45) is 5.85. The van der Waals surface area contributed by atoms with E-state index in [0.29, 0.717) is 6.54 Å². The van der Waals surface area contributed by atoms with Crippen molar-refractivity contribution in [2.45, 2.75) is 58.4 Å². The molecule has 0 aromatic heterocycles. The summed E-state index contributed by atoms with van der Waals surface area (Å²) in [5, 5.41) is 3.32. The number of hydrogen-bond donors (Lipinski definition) is 1. The summed E-state index contributed by atoms with van der Waals surface area (Å²) >= 11 is 0. The average molecular weight is 299 g/mol. The van der Waals surface area contributed by atoms with E-state index >= 15 is 0 Å². The van der Waals surface area contributed by atoms with Crippen molar-refractivity contribution >= 4 is 0 Å².